The molecule has 4 heteroatoms. The highest BCUT2D eigenvalue weighted by molar-refractivity contribution is 7.98. The molecule has 0 aliphatic rings. The first kappa shape index (κ1) is 11.0. The molecular weight excluding hydrogens is 203 g/mol. The fraction of sp³-hybridized carbons (Fsp3) is 0.300. The molecule has 76 valence electrons. The van der Waals surface area contributed by atoms with Crippen molar-refractivity contribution in [2.45, 2.75) is 17.7 Å². The summed E-state index contributed by atoms with van der Waals surface area (Å²) in [7, 11) is 0. The van der Waals surface area contributed by atoms with Crippen molar-refractivity contribution >= 4 is 17.7 Å². The molecule has 0 saturated heterocycles. The molecule has 0 saturated carbocycles. The number of benzene rings is 1. The molecular formula is C10H11FO2S. The van der Waals surface area contributed by atoms with Crippen molar-refractivity contribution in [3.05, 3.63) is 29.6 Å². The number of hydrogen-bond donors (Lipinski definition) is 1. The quantitative estimate of drug-likeness (QED) is 0.786. The highest BCUT2D eigenvalue weighted by Crippen LogP contribution is 2.23. The Morgan fingerprint density at radius 3 is 2.64 bits per heavy atom. The third kappa shape index (κ3) is 2.26. The van der Waals surface area contributed by atoms with Gasteiger partial charge in [0.05, 0.1) is 5.92 Å². The minimum atomic E-state index is -0.943. The van der Waals surface area contributed by atoms with Crippen molar-refractivity contribution in [3.63, 3.8) is 0 Å². The van der Waals surface area contributed by atoms with Gasteiger partial charge in [0.15, 0.2) is 0 Å². The molecule has 0 spiro atoms. The Hall–Kier alpha value is -1.03. The standard InChI is InChI=1S/C10H11FO2S/c1-6(10(12)13)7-3-4-9(14-2)8(11)5-7/h3-6H,1-2H3,(H,12,13). The molecule has 1 aromatic rings. The summed E-state index contributed by atoms with van der Waals surface area (Å²) in [5.74, 6) is -1.97. The maximum Gasteiger partial charge on any atom is 0.310 e. The van der Waals surface area contributed by atoms with Crippen molar-refractivity contribution in [1.82, 2.24) is 0 Å². The van der Waals surface area contributed by atoms with Gasteiger partial charge in [0.2, 0.25) is 0 Å². The van der Waals surface area contributed by atoms with E-state index in [0.29, 0.717) is 10.5 Å². The minimum Gasteiger partial charge on any atom is -0.481 e. The Balaban J connectivity index is 3.02. The zero-order valence-corrected chi connectivity index (χ0v) is 8.77. The zero-order chi connectivity index (χ0) is 10.7. The molecule has 1 rings (SSSR count). The van der Waals surface area contributed by atoms with Crippen LogP contribution in [0.3, 0.4) is 0 Å². The molecule has 0 amide bonds. The number of halogens is 1. The minimum absolute atomic E-state index is 0.358. The Kier molecular flexibility index (Phi) is 3.52. The second-order valence-corrected chi connectivity index (χ2v) is 3.80. The lowest BCUT2D eigenvalue weighted by Crippen LogP contribution is -2.07. The lowest BCUT2D eigenvalue weighted by Gasteiger charge is -2.07. The van der Waals surface area contributed by atoms with Gasteiger partial charge >= 0.3 is 5.97 Å². The van der Waals surface area contributed by atoms with Crippen LogP contribution in [-0.4, -0.2) is 17.3 Å². The molecule has 0 radical (unpaired) electrons. The van der Waals surface area contributed by atoms with E-state index in [2.05, 4.69) is 0 Å². The number of aliphatic carboxylic acids is 1. The van der Waals surface area contributed by atoms with Crippen molar-refractivity contribution in [2.75, 3.05) is 6.26 Å². The second-order valence-electron chi connectivity index (χ2n) is 2.95. The van der Waals surface area contributed by atoms with E-state index in [-0.39, 0.29) is 5.82 Å². The number of rotatable bonds is 3. The van der Waals surface area contributed by atoms with Crippen molar-refractivity contribution < 1.29 is 14.3 Å². The molecule has 0 heterocycles. The van der Waals surface area contributed by atoms with Gasteiger partial charge in [0, 0.05) is 4.90 Å². The summed E-state index contributed by atoms with van der Waals surface area (Å²) in [5, 5.41) is 8.73. The molecule has 2 nitrogen and oxygen atoms in total. The van der Waals surface area contributed by atoms with E-state index in [1.807, 2.05) is 0 Å². The Morgan fingerprint density at radius 2 is 2.21 bits per heavy atom. The molecule has 1 atom stereocenters. The topological polar surface area (TPSA) is 37.3 Å². The first-order valence-electron chi connectivity index (χ1n) is 4.12. The predicted molar refractivity (Wildman–Crippen MR) is 54.2 cm³/mol. The van der Waals surface area contributed by atoms with Gasteiger partial charge in [0.1, 0.15) is 5.82 Å². The average Bonchev–Trinajstić information content (AvgIpc) is 2.16. The fourth-order valence-corrected chi connectivity index (χ4v) is 1.55. The van der Waals surface area contributed by atoms with Crippen molar-refractivity contribution in [2.24, 2.45) is 0 Å². The van der Waals surface area contributed by atoms with Crippen molar-refractivity contribution in [1.29, 1.82) is 0 Å². The number of carboxylic acids is 1. The molecule has 0 aromatic heterocycles. The van der Waals surface area contributed by atoms with Gasteiger partial charge in [-0.25, -0.2) is 4.39 Å². The van der Waals surface area contributed by atoms with E-state index in [4.69, 9.17) is 5.11 Å². The molecule has 0 bridgehead atoms. The summed E-state index contributed by atoms with van der Waals surface area (Å²) in [4.78, 5) is 11.2. The molecule has 0 fully saturated rings. The third-order valence-electron chi connectivity index (χ3n) is 2.05. The van der Waals surface area contributed by atoms with Crippen LogP contribution in [0.2, 0.25) is 0 Å². The summed E-state index contributed by atoms with van der Waals surface area (Å²) in [5.41, 5.74) is 0.493. The van der Waals surface area contributed by atoms with Crippen LogP contribution in [0.1, 0.15) is 18.4 Å². The molecule has 14 heavy (non-hydrogen) atoms. The lowest BCUT2D eigenvalue weighted by molar-refractivity contribution is -0.138. The van der Waals surface area contributed by atoms with E-state index < -0.39 is 11.9 Å². The van der Waals surface area contributed by atoms with Gasteiger partial charge in [-0.05, 0) is 30.9 Å². The second kappa shape index (κ2) is 4.46. The van der Waals surface area contributed by atoms with Crippen LogP contribution >= 0.6 is 11.8 Å². The van der Waals surface area contributed by atoms with E-state index in [1.165, 1.54) is 24.8 Å². The van der Waals surface area contributed by atoms with Crippen LogP contribution in [0, 0.1) is 5.82 Å². The third-order valence-corrected chi connectivity index (χ3v) is 2.82. The first-order chi connectivity index (χ1) is 6.56. The van der Waals surface area contributed by atoms with Crippen LogP contribution in [0.15, 0.2) is 23.1 Å². The molecule has 1 unspecified atom stereocenters. The predicted octanol–water partition coefficient (Wildman–Crippen LogP) is 2.74. The summed E-state index contributed by atoms with van der Waals surface area (Å²) < 4.78 is 13.3. The van der Waals surface area contributed by atoms with Gasteiger partial charge in [-0.2, -0.15) is 0 Å². The van der Waals surface area contributed by atoms with Gasteiger partial charge in [0.25, 0.3) is 0 Å². The van der Waals surface area contributed by atoms with E-state index in [9.17, 15) is 9.18 Å². The Morgan fingerprint density at radius 1 is 1.57 bits per heavy atom. The molecule has 0 aliphatic carbocycles. The van der Waals surface area contributed by atoms with E-state index >= 15 is 0 Å². The van der Waals surface area contributed by atoms with Crippen molar-refractivity contribution in [3.8, 4) is 0 Å². The van der Waals surface area contributed by atoms with Crippen LogP contribution < -0.4 is 0 Å². The lowest BCUT2D eigenvalue weighted by atomic mass is 10.0. The van der Waals surface area contributed by atoms with Gasteiger partial charge in [-0.1, -0.05) is 6.07 Å². The van der Waals surface area contributed by atoms with Crippen LogP contribution in [0.4, 0.5) is 4.39 Å². The molecule has 1 N–H and O–H groups in total. The maximum atomic E-state index is 13.3. The number of thioether (sulfide) groups is 1. The number of hydrogen-bond acceptors (Lipinski definition) is 2. The zero-order valence-electron chi connectivity index (χ0n) is 7.95. The normalized spacial score (nSPS) is 12.5. The summed E-state index contributed by atoms with van der Waals surface area (Å²) in [6.07, 6.45) is 1.78. The van der Waals surface area contributed by atoms with Gasteiger partial charge in [-0.15, -0.1) is 11.8 Å². The van der Waals surface area contributed by atoms with E-state index in [0.717, 1.165) is 0 Å². The largest absolute Gasteiger partial charge is 0.481 e. The maximum absolute atomic E-state index is 13.3. The smallest absolute Gasteiger partial charge is 0.310 e. The monoisotopic (exact) mass is 214 g/mol. The number of carboxylic acid groups (broad SMARTS) is 1. The molecule has 1 aromatic carbocycles. The van der Waals surface area contributed by atoms with Crippen LogP contribution in [0.5, 0.6) is 0 Å². The summed E-state index contributed by atoms with van der Waals surface area (Å²) in [6.45, 7) is 1.54. The summed E-state index contributed by atoms with van der Waals surface area (Å²) in [6, 6.07) is 4.53. The average molecular weight is 214 g/mol. The van der Waals surface area contributed by atoms with Gasteiger partial charge in [-0.3, -0.25) is 4.79 Å². The highest BCUT2D eigenvalue weighted by atomic mass is 32.2. The highest BCUT2D eigenvalue weighted by Gasteiger charge is 2.14. The SMILES string of the molecule is CSc1ccc(C(C)C(=O)O)cc1F. The van der Waals surface area contributed by atoms with Gasteiger partial charge < -0.3 is 5.11 Å². The van der Waals surface area contributed by atoms with Crippen LogP contribution in [-0.2, 0) is 4.79 Å². The van der Waals surface area contributed by atoms with Crippen LogP contribution in [0.25, 0.3) is 0 Å². The fourth-order valence-electron chi connectivity index (χ4n) is 1.09. The summed E-state index contributed by atoms with van der Waals surface area (Å²) >= 11 is 1.30. The van der Waals surface area contributed by atoms with E-state index in [1.54, 1.807) is 18.4 Å². The number of carbonyl (C=O) groups is 1. The Labute approximate surface area is 86.1 Å². The molecule has 0 aliphatic heterocycles. The Bertz CT molecular complexity index is 352. The first-order valence-corrected chi connectivity index (χ1v) is 5.35.